The zero-order valence-electron chi connectivity index (χ0n) is 14.6. The Balaban J connectivity index is 1.69. The van der Waals surface area contributed by atoms with E-state index in [1.165, 1.54) is 6.92 Å². The molecule has 0 bridgehead atoms. The van der Waals surface area contributed by atoms with Crippen molar-refractivity contribution >= 4 is 17.0 Å². The van der Waals surface area contributed by atoms with Crippen molar-refractivity contribution in [3.05, 3.63) is 23.0 Å². The van der Waals surface area contributed by atoms with E-state index in [-0.39, 0.29) is 40.2 Å². The molecule has 2 aromatic heterocycles. The average Bonchev–Trinajstić information content (AvgIpc) is 3.16. The lowest BCUT2D eigenvalue weighted by atomic mass is 9.91. The summed E-state index contributed by atoms with van der Waals surface area (Å²) in [5, 5.41) is 3.86. The van der Waals surface area contributed by atoms with Crippen molar-refractivity contribution < 1.29 is 22.5 Å². The van der Waals surface area contributed by atoms with Gasteiger partial charge in [0.15, 0.2) is 0 Å². The van der Waals surface area contributed by atoms with Crippen molar-refractivity contribution in [3.63, 3.8) is 0 Å². The molecule has 2 fully saturated rings. The lowest BCUT2D eigenvalue weighted by molar-refractivity contribution is -0.136. The molecule has 1 amide bonds. The number of hydrogen-bond donors (Lipinski definition) is 0. The SMILES string of the molecule is Cc1cc(C(F)(F)F)c2c([C@@H]3CCCN(C(=O)[C@@H]4C[C@@H]4C)C3)noc2n1. The van der Waals surface area contributed by atoms with Gasteiger partial charge in [0.25, 0.3) is 5.71 Å². The summed E-state index contributed by atoms with van der Waals surface area (Å²) in [6.45, 7) is 4.57. The Hall–Kier alpha value is -2.12. The number of carbonyl (C=O) groups excluding carboxylic acids is 1. The maximum atomic E-state index is 13.5. The quantitative estimate of drug-likeness (QED) is 0.807. The lowest BCUT2D eigenvalue weighted by Gasteiger charge is -2.32. The normalized spacial score (nSPS) is 26.3. The van der Waals surface area contributed by atoms with Crippen molar-refractivity contribution in [1.29, 1.82) is 0 Å². The minimum absolute atomic E-state index is 0.0674. The van der Waals surface area contributed by atoms with Crippen LogP contribution >= 0.6 is 0 Å². The van der Waals surface area contributed by atoms with Gasteiger partial charge < -0.3 is 9.42 Å². The summed E-state index contributed by atoms with van der Waals surface area (Å²) >= 11 is 0. The molecule has 4 rings (SSSR count). The number of aromatic nitrogens is 2. The Kier molecular flexibility index (Phi) is 3.96. The summed E-state index contributed by atoms with van der Waals surface area (Å²) in [7, 11) is 0. The summed E-state index contributed by atoms with van der Waals surface area (Å²) in [4.78, 5) is 18.3. The molecule has 1 saturated heterocycles. The standard InChI is InChI=1S/C18H20F3N3O2/c1-9-6-12(9)17(25)24-5-3-4-11(8-24)15-14-13(18(19,20)21)7-10(2)22-16(14)26-23-15/h7,9,11-12H,3-6,8H2,1-2H3/t9-,11+,12+/m0/s1. The summed E-state index contributed by atoms with van der Waals surface area (Å²) in [5.41, 5.74) is -0.362. The van der Waals surface area contributed by atoms with Crippen molar-refractivity contribution in [3.8, 4) is 0 Å². The number of fused-ring (bicyclic) bond motifs is 1. The van der Waals surface area contributed by atoms with Gasteiger partial charge in [0.05, 0.1) is 16.6 Å². The van der Waals surface area contributed by atoms with Gasteiger partial charge in [0.1, 0.15) is 0 Å². The fourth-order valence-corrected chi connectivity index (χ4v) is 3.90. The first kappa shape index (κ1) is 17.3. The number of carbonyl (C=O) groups is 1. The number of rotatable bonds is 2. The predicted molar refractivity (Wildman–Crippen MR) is 87.4 cm³/mol. The highest BCUT2D eigenvalue weighted by molar-refractivity contribution is 5.83. The molecule has 0 aromatic carbocycles. The Labute approximate surface area is 148 Å². The van der Waals surface area contributed by atoms with Crippen molar-refractivity contribution in [1.82, 2.24) is 15.0 Å². The average molecular weight is 367 g/mol. The van der Waals surface area contributed by atoms with Crippen LogP contribution in [0, 0.1) is 18.8 Å². The molecule has 0 unspecified atom stereocenters. The molecule has 2 aromatic rings. The van der Waals surface area contributed by atoms with Crippen LogP contribution in [0.4, 0.5) is 13.2 Å². The monoisotopic (exact) mass is 367 g/mol. The van der Waals surface area contributed by atoms with E-state index in [0.29, 0.717) is 25.4 Å². The minimum atomic E-state index is -4.51. The molecule has 1 aliphatic heterocycles. The van der Waals surface area contributed by atoms with Gasteiger partial charge in [-0.3, -0.25) is 4.79 Å². The van der Waals surface area contributed by atoms with Gasteiger partial charge in [-0.1, -0.05) is 12.1 Å². The topological polar surface area (TPSA) is 59.2 Å². The number of nitrogens with zero attached hydrogens (tertiary/aromatic N) is 3. The molecule has 0 N–H and O–H groups in total. The third kappa shape index (κ3) is 2.95. The van der Waals surface area contributed by atoms with Crippen LogP contribution in [0.15, 0.2) is 10.6 Å². The second kappa shape index (κ2) is 5.96. The summed E-state index contributed by atoms with van der Waals surface area (Å²) in [6.07, 6.45) is -2.20. The van der Waals surface area contributed by atoms with Gasteiger partial charge in [-0.05, 0) is 38.2 Å². The molecule has 2 aliphatic rings. The van der Waals surface area contributed by atoms with E-state index < -0.39 is 11.7 Å². The number of hydrogen-bond acceptors (Lipinski definition) is 4. The number of amides is 1. The van der Waals surface area contributed by atoms with Crippen molar-refractivity contribution in [2.24, 2.45) is 11.8 Å². The number of piperidine rings is 1. The number of alkyl halides is 3. The largest absolute Gasteiger partial charge is 0.417 e. The molecular formula is C18H20F3N3O2. The van der Waals surface area contributed by atoms with E-state index in [1.54, 1.807) is 4.90 Å². The lowest BCUT2D eigenvalue weighted by Crippen LogP contribution is -2.40. The summed E-state index contributed by atoms with van der Waals surface area (Å²) in [5.74, 6) is 0.311. The maximum Gasteiger partial charge on any atom is 0.417 e. The fourth-order valence-electron chi connectivity index (χ4n) is 3.90. The summed E-state index contributed by atoms with van der Waals surface area (Å²) < 4.78 is 45.7. The maximum absolute atomic E-state index is 13.5. The molecule has 8 heteroatoms. The Bertz CT molecular complexity index is 861. The number of aryl methyl sites for hydroxylation is 1. The van der Waals surface area contributed by atoms with Crippen molar-refractivity contribution in [2.75, 3.05) is 13.1 Å². The molecule has 1 aliphatic carbocycles. The van der Waals surface area contributed by atoms with E-state index in [4.69, 9.17) is 4.52 Å². The van der Waals surface area contributed by atoms with E-state index >= 15 is 0 Å². The molecule has 5 nitrogen and oxygen atoms in total. The first-order valence-corrected chi connectivity index (χ1v) is 8.88. The molecule has 3 atom stereocenters. The Morgan fingerprint density at radius 1 is 1.38 bits per heavy atom. The third-order valence-corrected chi connectivity index (χ3v) is 5.45. The van der Waals surface area contributed by atoms with Crippen LogP contribution in [0.3, 0.4) is 0 Å². The number of halogens is 3. The highest BCUT2D eigenvalue weighted by atomic mass is 19.4. The van der Waals surface area contributed by atoms with Crippen LogP contribution in [0.2, 0.25) is 0 Å². The van der Waals surface area contributed by atoms with Crippen LogP contribution in [-0.2, 0) is 11.0 Å². The van der Waals surface area contributed by atoms with Crippen LogP contribution in [0.25, 0.3) is 11.1 Å². The number of pyridine rings is 1. The van der Waals surface area contributed by atoms with Crippen LogP contribution in [0.1, 0.15) is 49.1 Å². The second-order valence-corrected chi connectivity index (χ2v) is 7.50. The van der Waals surface area contributed by atoms with Gasteiger partial charge in [-0.15, -0.1) is 0 Å². The first-order valence-electron chi connectivity index (χ1n) is 8.88. The zero-order valence-corrected chi connectivity index (χ0v) is 14.6. The second-order valence-electron chi connectivity index (χ2n) is 7.50. The Morgan fingerprint density at radius 2 is 2.12 bits per heavy atom. The van der Waals surface area contributed by atoms with Gasteiger partial charge in [-0.2, -0.15) is 13.2 Å². The highest BCUT2D eigenvalue weighted by Crippen LogP contribution is 2.42. The molecule has 0 spiro atoms. The fraction of sp³-hybridized carbons (Fsp3) is 0.611. The predicted octanol–water partition coefficient (Wildman–Crippen LogP) is 3.91. The molecule has 26 heavy (non-hydrogen) atoms. The van der Waals surface area contributed by atoms with Crippen molar-refractivity contribution in [2.45, 2.75) is 45.2 Å². The highest BCUT2D eigenvalue weighted by Gasteiger charge is 2.43. The van der Waals surface area contributed by atoms with E-state index in [1.807, 2.05) is 6.92 Å². The van der Waals surface area contributed by atoms with Gasteiger partial charge in [0.2, 0.25) is 5.91 Å². The smallest absolute Gasteiger partial charge is 0.342 e. The number of likely N-dealkylation sites (tertiary alicyclic amines) is 1. The van der Waals surface area contributed by atoms with Gasteiger partial charge in [-0.25, -0.2) is 4.98 Å². The van der Waals surface area contributed by atoms with E-state index in [0.717, 1.165) is 18.9 Å². The van der Waals surface area contributed by atoms with E-state index in [9.17, 15) is 18.0 Å². The minimum Gasteiger partial charge on any atom is -0.342 e. The first-order chi connectivity index (χ1) is 12.3. The zero-order chi connectivity index (χ0) is 18.6. The summed E-state index contributed by atoms with van der Waals surface area (Å²) in [6, 6.07) is 1.03. The molecule has 1 saturated carbocycles. The molecular weight excluding hydrogens is 347 g/mol. The molecule has 140 valence electrons. The van der Waals surface area contributed by atoms with E-state index in [2.05, 4.69) is 10.1 Å². The molecule has 3 heterocycles. The molecule has 0 radical (unpaired) electrons. The van der Waals surface area contributed by atoms with Crippen LogP contribution in [-0.4, -0.2) is 34.0 Å². The Morgan fingerprint density at radius 3 is 2.77 bits per heavy atom. The van der Waals surface area contributed by atoms with Gasteiger partial charge in [0, 0.05) is 30.6 Å². The van der Waals surface area contributed by atoms with Crippen LogP contribution < -0.4 is 0 Å². The van der Waals surface area contributed by atoms with Gasteiger partial charge >= 0.3 is 6.18 Å². The van der Waals surface area contributed by atoms with Crippen LogP contribution in [0.5, 0.6) is 0 Å². The third-order valence-electron chi connectivity index (χ3n) is 5.45.